The first-order chi connectivity index (χ1) is 9.37. The molecule has 0 radical (unpaired) electrons. The van der Waals surface area contributed by atoms with Crippen LogP contribution in [0.25, 0.3) is 0 Å². The van der Waals surface area contributed by atoms with Crippen molar-refractivity contribution >= 4 is 11.8 Å². The maximum absolute atomic E-state index is 12.9. The molecule has 0 aromatic carbocycles. The van der Waals surface area contributed by atoms with E-state index in [4.69, 9.17) is 0 Å². The SMILES string of the molecule is CC(=C=C=C(C)C(F)(F)C(F)(F)F)SC(C)/C=C\N(C)C. The molecule has 0 N–H and O–H groups in total. The first-order valence-corrected chi connectivity index (χ1v) is 6.91. The molecule has 0 aromatic heterocycles. The largest absolute Gasteiger partial charge is 0.458 e. The van der Waals surface area contributed by atoms with Crippen molar-refractivity contribution in [3.63, 3.8) is 0 Å². The normalized spacial score (nSPS) is 13.6. The highest BCUT2D eigenvalue weighted by atomic mass is 32.2. The lowest BCUT2D eigenvalue weighted by molar-refractivity contribution is -0.264. The molecule has 21 heavy (non-hydrogen) atoms. The number of rotatable bonds is 5. The molecule has 0 heterocycles. The fraction of sp³-hybridized carbons (Fsp3) is 0.571. The molecule has 0 fully saturated rings. The minimum atomic E-state index is -5.62. The predicted octanol–water partition coefficient (Wildman–Crippen LogP) is 4.99. The average molecular weight is 327 g/mol. The third-order valence-corrected chi connectivity index (χ3v) is 3.26. The van der Waals surface area contributed by atoms with Crippen LogP contribution in [0.5, 0.6) is 0 Å². The lowest BCUT2D eigenvalue weighted by Gasteiger charge is -2.18. The molecule has 0 saturated carbocycles. The number of hydrogen-bond acceptors (Lipinski definition) is 2. The average Bonchev–Trinajstić information content (AvgIpc) is 2.31. The Morgan fingerprint density at radius 1 is 1.10 bits per heavy atom. The van der Waals surface area contributed by atoms with E-state index >= 15 is 0 Å². The molecular weight excluding hydrogens is 309 g/mol. The van der Waals surface area contributed by atoms with Crippen molar-refractivity contribution in [3.8, 4) is 0 Å². The molecule has 7 heteroatoms. The van der Waals surface area contributed by atoms with E-state index < -0.39 is 17.7 Å². The summed E-state index contributed by atoms with van der Waals surface area (Å²) in [5, 5.41) is 0.0325. The van der Waals surface area contributed by atoms with Gasteiger partial charge in [-0.25, -0.2) is 0 Å². The molecule has 0 rings (SSSR count). The smallest absolute Gasteiger partial charge is 0.384 e. The minimum absolute atomic E-state index is 0.0325. The van der Waals surface area contributed by atoms with E-state index in [9.17, 15) is 22.0 Å². The van der Waals surface area contributed by atoms with Gasteiger partial charge in [0.1, 0.15) is 0 Å². The topological polar surface area (TPSA) is 3.24 Å². The van der Waals surface area contributed by atoms with Gasteiger partial charge < -0.3 is 4.90 Å². The number of alkyl halides is 5. The fourth-order valence-corrected chi connectivity index (χ4v) is 1.93. The summed E-state index contributed by atoms with van der Waals surface area (Å²) in [6, 6.07) is 0. The van der Waals surface area contributed by atoms with Crippen molar-refractivity contribution in [1.29, 1.82) is 0 Å². The van der Waals surface area contributed by atoms with Gasteiger partial charge in [-0.05, 0) is 27.0 Å². The van der Waals surface area contributed by atoms with Crippen LogP contribution in [-0.2, 0) is 0 Å². The van der Waals surface area contributed by atoms with Crippen LogP contribution in [0.3, 0.4) is 0 Å². The molecule has 120 valence electrons. The van der Waals surface area contributed by atoms with Crippen molar-refractivity contribution in [2.75, 3.05) is 14.1 Å². The first-order valence-electron chi connectivity index (χ1n) is 6.03. The van der Waals surface area contributed by atoms with E-state index in [1.807, 2.05) is 43.9 Å². The van der Waals surface area contributed by atoms with Gasteiger partial charge in [-0.1, -0.05) is 17.5 Å². The monoisotopic (exact) mass is 327 g/mol. The second-order valence-electron chi connectivity index (χ2n) is 4.63. The van der Waals surface area contributed by atoms with Gasteiger partial charge in [0.05, 0.1) is 5.57 Å². The van der Waals surface area contributed by atoms with Gasteiger partial charge in [0.25, 0.3) is 0 Å². The van der Waals surface area contributed by atoms with Crippen LogP contribution >= 0.6 is 11.8 Å². The van der Waals surface area contributed by atoms with E-state index in [0.717, 1.165) is 0 Å². The summed E-state index contributed by atoms with van der Waals surface area (Å²) in [6.45, 7) is 4.14. The predicted molar refractivity (Wildman–Crippen MR) is 76.3 cm³/mol. The quantitative estimate of drug-likeness (QED) is 0.517. The Morgan fingerprint density at radius 2 is 1.62 bits per heavy atom. The zero-order valence-corrected chi connectivity index (χ0v) is 13.3. The highest BCUT2D eigenvalue weighted by Crippen LogP contribution is 2.40. The van der Waals surface area contributed by atoms with Gasteiger partial charge in [-0.3, -0.25) is 0 Å². The summed E-state index contributed by atoms with van der Waals surface area (Å²) in [5.74, 6) is -4.89. The summed E-state index contributed by atoms with van der Waals surface area (Å²) >= 11 is 1.29. The Labute approximate surface area is 125 Å². The van der Waals surface area contributed by atoms with Crippen LogP contribution in [0, 0.1) is 0 Å². The Morgan fingerprint density at radius 3 is 2.05 bits per heavy atom. The third-order valence-electron chi connectivity index (χ3n) is 2.27. The minimum Gasteiger partial charge on any atom is -0.384 e. The highest BCUT2D eigenvalue weighted by molar-refractivity contribution is 8.03. The molecule has 0 saturated heterocycles. The van der Waals surface area contributed by atoms with Gasteiger partial charge in [0.15, 0.2) is 0 Å². The molecule has 1 atom stereocenters. The number of allylic oxidation sites excluding steroid dienone is 2. The molecule has 1 nitrogen and oxygen atoms in total. The molecule has 0 spiro atoms. The molecule has 0 aliphatic heterocycles. The van der Waals surface area contributed by atoms with Crippen molar-refractivity contribution in [2.45, 2.75) is 38.1 Å². The molecule has 0 amide bonds. The summed E-state index contributed by atoms with van der Waals surface area (Å²) < 4.78 is 62.3. The number of hydrogen-bond donors (Lipinski definition) is 0. The Bertz CT molecular complexity index is 478. The second kappa shape index (κ2) is 7.74. The lowest BCUT2D eigenvalue weighted by Crippen LogP contribution is -2.37. The molecule has 1 unspecified atom stereocenters. The molecule has 0 aliphatic rings. The van der Waals surface area contributed by atoms with E-state index in [1.165, 1.54) is 11.8 Å². The zero-order valence-electron chi connectivity index (χ0n) is 12.5. The maximum Gasteiger partial charge on any atom is 0.458 e. The first kappa shape index (κ1) is 19.8. The van der Waals surface area contributed by atoms with E-state index in [1.54, 1.807) is 6.92 Å². The standard InChI is InChI=1S/C14H18F5NS/c1-10(13(15,16)14(17,18)19)6-7-11(2)21-12(3)8-9-20(4)5/h8-9,12H,1-5H3/b9-8-,11-10?. The van der Waals surface area contributed by atoms with Crippen molar-refractivity contribution in [2.24, 2.45) is 0 Å². The fourth-order valence-electron chi connectivity index (χ4n) is 1.11. The number of nitrogens with zero attached hydrogens (tertiary/aromatic N) is 1. The Kier molecular flexibility index (Phi) is 7.31. The maximum atomic E-state index is 12.9. The van der Waals surface area contributed by atoms with Crippen LogP contribution in [-0.4, -0.2) is 36.3 Å². The second-order valence-corrected chi connectivity index (χ2v) is 6.22. The van der Waals surface area contributed by atoms with Crippen molar-refractivity contribution in [3.05, 3.63) is 34.2 Å². The van der Waals surface area contributed by atoms with Crippen molar-refractivity contribution < 1.29 is 22.0 Å². The number of halogens is 5. The molecule has 0 aliphatic carbocycles. The van der Waals surface area contributed by atoms with Crippen LogP contribution in [0.4, 0.5) is 22.0 Å². The van der Waals surface area contributed by atoms with Crippen LogP contribution < -0.4 is 0 Å². The van der Waals surface area contributed by atoms with Crippen LogP contribution in [0.1, 0.15) is 20.8 Å². The summed E-state index contributed by atoms with van der Waals surface area (Å²) in [5.41, 5.74) is 3.05. The van der Waals surface area contributed by atoms with Gasteiger partial charge in [0.2, 0.25) is 0 Å². The molecule has 0 aromatic rings. The number of thioether (sulfide) groups is 1. The summed E-state index contributed by atoms with van der Waals surface area (Å²) in [6.07, 6.45) is -1.92. The van der Waals surface area contributed by atoms with E-state index in [0.29, 0.717) is 11.8 Å². The lowest BCUT2D eigenvalue weighted by atomic mass is 10.1. The Balaban J connectivity index is 5.17. The molecular formula is C14H18F5NS. The highest BCUT2D eigenvalue weighted by Gasteiger charge is 2.58. The van der Waals surface area contributed by atoms with Gasteiger partial charge >= 0.3 is 12.1 Å². The van der Waals surface area contributed by atoms with Gasteiger partial charge in [-0.15, -0.1) is 11.8 Å². The van der Waals surface area contributed by atoms with Gasteiger partial charge in [0, 0.05) is 24.3 Å². The van der Waals surface area contributed by atoms with Crippen molar-refractivity contribution in [1.82, 2.24) is 4.90 Å². The molecule has 0 bridgehead atoms. The summed E-state index contributed by atoms with van der Waals surface area (Å²) in [4.78, 5) is 2.31. The Hall–Kier alpha value is -1.16. The summed E-state index contributed by atoms with van der Waals surface area (Å²) in [7, 11) is 3.70. The van der Waals surface area contributed by atoms with Gasteiger partial charge in [-0.2, -0.15) is 22.0 Å². The van der Waals surface area contributed by atoms with Crippen LogP contribution in [0.2, 0.25) is 0 Å². The van der Waals surface area contributed by atoms with Crippen LogP contribution in [0.15, 0.2) is 34.2 Å². The zero-order chi connectivity index (χ0) is 16.8. The van der Waals surface area contributed by atoms with E-state index in [2.05, 4.69) is 5.73 Å². The van der Waals surface area contributed by atoms with E-state index in [-0.39, 0.29) is 5.25 Å². The third kappa shape index (κ3) is 6.89.